The molecule has 4 aromatic rings. The number of nitrogens with one attached hydrogen (secondary N) is 1. The number of benzene rings is 1. The molecule has 32 heavy (non-hydrogen) atoms. The zero-order valence-electron chi connectivity index (χ0n) is 18.2. The number of hydrogen-bond donors (Lipinski definition) is 1. The van der Waals surface area contributed by atoms with Crippen LogP contribution in [-0.2, 0) is 11.3 Å². The molecule has 1 aromatic carbocycles. The van der Waals surface area contributed by atoms with Crippen LogP contribution in [0.3, 0.4) is 0 Å². The maximum absolute atomic E-state index is 12.5. The standard InChI is InChI=1S/C24H25N5O3/c1-16-14-17(2)25-23-22(16)24(28-9-3-4-10-28)27-29(23)11-5-6-21(30)26-18-7-8-19-20(15-18)32-13-12-31-19/h3-4,7-10,14-15H,5-6,11-13H2,1-2H3,(H,26,30). The second-order valence-electron chi connectivity index (χ2n) is 7.93. The van der Waals surface area contributed by atoms with E-state index < -0.39 is 0 Å². The first-order chi connectivity index (χ1) is 15.6. The number of anilines is 1. The molecular formula is C24H25N5O3. The molecule has 8 heteroatoms. The number of rotatable bonds is 6. The highest BCUT2D eigenvalue weighted by Crippen LogP contribution is 2.32. The van der Waals surface area contributed by atoms with Gasteiger partial charge in [-0.05, 0) is 56.2 Å². The van der Waals surface area contributed by atoms with Crippen molar-refractivity contribution in [3.63, 3.8) is 0 Å². The summed E-state index contributed by atoms with van der Waals surface area (Å²) in [6.07, 6.45) is 4.98. The fraction of sp³-hybridized carbons (Fsp3) is 0.292. The van der Waals surface area contributed by atoms with Gasteiger partial charge in [0.15, 0.2) is 23.0 Å². The lowest BCUT2D eigenvalue weighted by Crippen LogP contribution is -2.16. The van der Waals surface area contributed by atoms with E-state index in [1.165, 1.54) is 0 Å². The molecule has 1 N–H and O–H groups in total. The molecule has 0 atom stereocenters. The van der Waals surface area contributed by atoms with Crippen LogP contribution in [-0.4, -0.2) is 38.5 Å². The van der Waals surface area contributed by atoms with Gasteiger partial charge in [0.05, 0.1) is 5.39 Å². The normalized spacial score (nSPS) is 12.8. The summed E-state index contributed by atoms with van der Waals surface area (Å²) in [7, 11) is 0. The molecule has 5 rings (SSSR count). The van der Waals surface area contributed by atoms with Gasteiger partial charge in [-0.15, -0.1) is 0 Å². The van der Waals surface area contributed by atoms with Gasteiger partial charge in [0.2, 0.25) is 5.91 Å². The van der Waals surface area contributed by atoms with Gasteiger partial charge < -0.3 is 19.4 Å². The van der Waals surface area contributed by atoms with Crippen molar-refractivity contribution >= 4 is 22.6 Å². The lowest BCUT2D eigenvalue weighted by atomic mass is 10.2. The van der Waals surface area contributed by atoms with Crippen molar-refractivity contribution in [3.05, 3.63) is 60.0 Å². The van der Waals surface area contributed by atoms with Crippen LogP contribution in [0.5, 0.6) is 11.5 Å². The van der Waals surface area contributed by atoms with E-state index in [0.717, 1.165) is 28.1 Å². The van der Waals surface area contributed by atoms with Crippen LogP contribution in [0, 0.1) is 13.8 Å². The number of ether oxygens (including phenoxy) is 2. The highest BCUT2D eigenvalue weighted by molar-refractivity contribution is 5.91. The summed E-state index contributed by atoms with van der Waals surface area (Å²) in [5.74, 6) is 2.17. The highest BCUT2D eigenvalue weighted by atomic mass is 16.6. The van der Waals surface area contributed by atoms with Gasteiger partial charge in [-0.3, -0.25) is 4.79 Å². The van der Waals surface area contributed by atoms with Crippen molar-refractivity contribution in [3.8, 4) is 17.3 Å². The van der Waals surface area contributed by atoms with Crippen LogP contribution in [0.25, 0.3) is 16.9 Å². The molecule has 1 aliphatic heterocycles. The van der Waals surface area contributed by atoms with Crippen molar-refractivity contribution in [1.29, 1.82) is 0 Å². The predicted octanol–water partition coefficient (Wildman–Crippen LogP) is 4.03. The highest BCUT2D eigenvalue weighted by Gasteiger charge is 2.17. The molecule has 0 spiro atoms. The Kier molecular flexibility index (Phi) is 5.26. The van der Waals surface area contributed by atoms with Gasteiger partial charge in [-0.2, -0.15) is 5.10 Å². The summed E-state index contributed by atoms with van der Waals surface area (Å²) in [4.78, 5) is 17.2. The van der Waals surface area contributed by atoms with Crippen LogP contribution in [0.15, 0.2) is 48.8 Å². The summed E-state index contributed by atoms with van der Waals surface area (Å²) in [6.45, 7) is 5.72. The molecule has 0 saturated carbocycles. The lowest BCUT2D eigenvalue weighted by molar-refractivity contribution is -0.116. The molecule has 1 aliphatic rings. The van der Waals surface area contributed by atoms with Gasteiger partial charge in [0, 0.05) is 42.8 Å². The average molecular weight is 431 g/mol. The van der Waals surface area contributed by atoms with Crippen molar-refractivity contribution < 1.29 is 14.3 Å². The molecule has 0 radical (unpaired) electrons. The van der Waals surface area contributed by atoms with Crippen LogP contribution >= 0.6 is 0 Å². The quantitative estimate of drug-likeness (QED) is 0.498. The Hall–Kier alpha value is -3.81. The minimum atomic E-state index is -0.0518. The third-order valence-electron chi connectivity index (χ3n) is 5.46. The first-order valence-corrected chi connectivity index (χ1v) is 10.8. The Bertz CT molecular complexity index is 1280. The molecule has 4 heterocycles. The molecule has 0 saturated heterocycles. The molecular weight excluding hydrogens is 406 g/mol. The van der Waals surface area contributed by atoms with E-state index in [4.69, 9.17) is 19.6 Å². The molecule has 0 aliphatic carbocycles. The number of hydrogen-bond acceptors (Lipinski definition) is 5. The maximum Gasteiger partial charge on any atom is 0.224 e. The average Bonchev–Trinajstić information content (AvgIpc) is 3.42. The van der Waals surface area contributed by atoms with Crippen molar-refractivity contribution in [2.75, 3.05) is 18.5 Å². The minimum absolute atomic E-state index is 0.0518. The van der Waals surface area contributed by atoms with E-state index in [1.54, 1.807) is 6.07 Å². The van der Waals surface area contributed by atoms with E-state index in [2.05, 4.69) is 18.3 Å². The first-order valence-electron chi connectivity index (χ1n) is 10.8. The Morgan fingerprint density at radius 2 is 1.88 bits per heavy atom. The van der Waals surface area contributed by atoms with Crippen molar-refractivity contribution in [1.82, 2.24) is 19.3 Å². The number of amides is 1. The van der Waals surface area contributed by atoms with Crippen LogP contribution in [0.2, 0.25) is 0 Å². The van der Waals surface area contributed by atoms with Gasteiger partial charge in [0.25, 0.3) is 0 Å². The number of carbonyl (C=O) groups excluding carboxylic acids is 1. The Morgan fingerprint density at radius 1 is 1.09 bits per heavy atom. The maximum atomic E-state index is 12.5. The molecule has 0 fully saturated rings. The number of carbonyl (C=O) groups is 1. The first kappa shape index (κ1) is 20.1. The van der Waals surface area contributed by atoms with E-state index in [0.29, 0.717) is 49.8 Å². The summed E-state index contributed by atoms with van der Waals surface area (Å²) in [5, 5.41) is 8.79. The van der Waals surface area contributed by atoms with Crippen LogP contribution < -0.4 is 14.8 Å². The number of aromatic nitrogens is 4. The SMILES string of the molecule is Cc1cc(C)c2c(-n3cccc3)nn(CCCC(=O)Nc3ccc4c(c3)OCCO4)c2n1. The Morgan fingerprint density at radius 3 is 2.69 bits per heavy atom. The van der Waals surface area contributed by atoms with Gasteiger partial charge in [-0.25, -0.2) is 9.67 Å². The molecule has 1 amide bonds. The summed E-state index contributed by atoms with van der Waals surface area (Å²) >= 11 is 0. The van der Waals surface area contributed by atoms with E-state index in [-0.39, 0.29) is 5.91 Å². The van der Waals surface area contributed by atoms with Crippen molar-refractivity contribution in [2.24, 2.45) is 0 Å². The second-order valence-corrected chi connectivity index (χ2v) is 7.93. The second kappa shape index (κ2) is 8.37. The zero-order valence-corrected chi connectivity index (χ0v) is 18.2. The lowest BCUT2D eigenvalue weighted by Gasteiger charge is -2.19. The molecule has 0 bridgehead atoms. The fourth-order valence-corrected chi connectivity index (χ4v) is 4.04. The predicted molar refractivity (Wildman–Crippen MR) is 122 cm³/mol. The number of aryl methyl sites for hydroxylation is 3. The van der Waals surface area contributed by atoms with Crippen LogP contribution in [0.1, 0.15) is 24.1 Å². The summed E-state index contributed by atoms with van der Waals surface area (Å²) in [5.41, 5.74) is 3.63. The van der Waals surface area contributed by atoms with E-state index in [9.17, 15) is 4.79 Å². The van der Waals surface area contributed by atoms with Crippen molar-refractivity contribution in [2.45, 2.75) is 33.2 Å². The molecule has 164 valence electrons. The number of fused-ring (bicyclic) bond motifs is 2. The van der Waals surface area contributed by atoms with Gasteiger partial charge in [-0.1, -0.05) is 0 Å². The van der Waals surface area contributed by atoms with E-state index >= 15 is 0 Å². The van der Waals surface area contributed by atoms with Gasteiger partial charge in [0.1, 0.15) is 13.2 Å². The molecule has 0 unspecified atom stereocenters. The zero-order chi connectivity index (χ0) is 22.1. The Labute approximate surface area is 185 Å². The third-order valence-corrected chi connectivity index (χ3v) is 5.46. The largest absolute Gasteiger partial charge is 0.486 e. The Balaban J connectivity index is 1.29. The topological polar surface area (TPSA) is 83.2 Å². The summed E-state index contributed by atoms with van der Waals surface area (Å²) < 4.78 is 15.0. The summed E-state index contributed by atoms with van der Waals surface area (Å²) in [6, 6.07) is 11.5. The van der Waals surface area contributed by atoms with Crippen LogP contribution in [0.4, 0.5) is 5.69 Å². The number of pyridine rings is 1. The molecule has 3 aromatic heterocycles. The fourth-order valence-electron chi connectivity index (χ4n) is 4.04. The monoisotopic (exact) mass is 431 g/mol. The van der Waals surface area contributed by atoms with E-state index in [1.807, 2.05) is 52.8 Å². The number of nitrogens with zero attached hydrogens (tertiary/aromatic N) is 4. The third kappa shape index (κ3) is 3.91. The minimum Gasteiger partial charge on any atom is -0.486 e. The molecule has 8 nitrogen and oxygen atoms in total. The van der Waals surface area contributed by atoms with Gasteiger partial charge >= 0.3 is 0 Å². The smallest absolute Gasteiger partial charge is 0.224 e.